The molecule has 0 spiro atoms. The van der Waals surface area contributed by atoms with Gasteiger partial charge in [-0.25, -0.2) is 9.97 Å². The maximum Gasteiger partial charge on any atom is 0.170 e. The number of nitrogens with zero attached hydrogens (tertiary/aromatic N) is 4. The molecule has 2 fully saturated rings. The van der Waals surface area contributed by atoms with Gasteiger partial charge in [-0.05, 0) is 30.7 Å². The third kappa shape index (κ3) is 3.58. The number of H-pyrrole nitrogens is 2. The molecule has 2 aromatic heterocycles. The summed E-state index contributed by atoms with van der Waals surface area (Å²) in [5.41, 5.74) is 3.24. The number of aromatic nitrogens is 4. The number of rotatable bonds is 6. The molecule has 4 N–H and O–H groups in total. The number of amidine groups is 2. The van der Waals surface area contributed by atoms with Crippen LogP contribution in [-0.2, 0) is 9.59 Å². The van der Waals surface area contributed by atoms with E-state index in [0.29, 0.717) is 31.2 Å². The van der Waals surface area contributed by atoms with E-state index in [0.717, 1.165) is 22.1 Å². The van der Waals surface area contributed by atoms with Crippen molar-refractivity contribution in [1.29, 1.82) is 10.8 Å². The lowest BCUT2D eigenvalue weighted by molar-refractivity contribution is -0.118. The zero-order chi connectivity index (χ0) is 24.1. The maximum atomic E-state index is 12.7. The molecule has 0 bridgehead atoms. The standard InChI is InChI=1S/C25H24N8O2/c26-22-20(24-28-14-6-1-2-7-15(14)29-24)18(34)12-32(22)10-5-11-33-13-19(35)21(23(33)27)25-30-16-8-3-4-9-17(16)31-25/h1-4,6-9,20-21,26-27H,5,10-13H2,(H,28,29)(H,30,31). The third-order valence-electron chi connectivity index (χ3n) is 6.78. The summed E-state index contributed by atoms with van der Waals surface area (Å²) < 4.78 is 0. The zero-order valence-corrected chi connectivity index (χ0v) is 18.9. The topological polar surface area (TPSA) is 146 Å². The molecule has 2 aliphatic rings. The van der Waals surface area contributed by atoms with Crippen molar-refractivity contribution in [2.75, 3.05) is 26.2 Å². The van der Waals surface area contributed by atoms with Crippen LogP contribution in [0.1, 0.15) is 29.9 Å². The molecule has 4 heterocycles. The highest BCUT2D eigenvalue weighted by Gasteiger charge is 2.41. The normalized spacial score (nSPS) is 20.8. The molecule has 2 aliphatic heterocycles. The average Bonchev–Trinajstić information content (AvgIpc) is 3.58. The van der Waals surface area contributed by atoms with Crippen LogP contribution in [0.25, 0.3) is 22.1 Å². The quantitative estimate of drug-likeness (QED) is 0.342. The van der Waals surface area contributed by atoms with E-state index in [1.807, 2.05) is 48.5 Å². The van der Waals surface area contributed by atoms with Gasteiger partial charge in [-0.3, -0.25) is 20.4 Å². The van der Waals surface area contributed by atoms with Gasteiger partial charge < -0.3 is 19.8 Å². The minimum atomic E-state index is -0.688. The number of carbonyl (C=O) groups is 2. The second-order valence-electron chi connectivity index (χ2n) is 9.04. The number of benzene rings is 2. The number of aromatic amines is 2. The van der Waals surface area contributed by atoms with Crippen molar-refractivity contribution in [3.8, 4) is 0 Å². The molecular formula is C25H24N8O2. The molecule has 35 heavy (non-hydrogen) atoms. The van der Waals surface area contributed by atoms with Gasteiger partial charge in [0.1, 0.15) is 35.2 Å². The summed E-state index contributed by atoms with van der Waals surface area (Å²) in [5, 5.41) is 17.2. The molecule has 4 aromatic rings. The molecular weight excluding hydrogens is 444 g/mol. The van der Waals surface area contributed by atoms with Crippen LogP contribution in [0.15, 0.2) is 48.5 Å². The van der Waals surface area contributed by atoms with Gasteiger partial charge in [0.25, 0.3) is 0 Å². The summed E-state index contributed by atoms with van der Waals surface area (Å²) in [4.78, 5) is 44.4. The molecule has 6 rings (SSSR count). The Balaban J connectivity index is 1.09. The van der Waals surface area contributed by atoms with Gasteiger partial charge in [-0.1, -0.05) is 24.3 Å². The monoisotopic (exact) mass is 468 g/mol. The number of likely N-dealkylation sites (tertiary alicyclic amines) is 2. The van der Waals surface area contributed by atoms with E-state index in [-0.39, 0.29) is 36.3 Å². The lowest BCUT2D eigenvalue weighted by Gasteiger charge is -2.22. The number of hydrogen-bond donors (Lipinski definition) is 4. The zero-order valence-electron chi connectivity index (χ0n) is 18.9. The second-order valence-corrected chi connectivity index (χ2v) is 9.04. The summed E-state index contributed by atoms with van der Waals surface area (Å²) in [6.07, 6.45) is 0.616. The van der Waals surface area contributed by atoms with Crippen LogP contribution in [-0.4, -0.2) is 79.2 Å². The molecule has 2 saturated heterocycles. The summed E-state index contributed by atoms with van der Waals surface area (Å²) in [7, 11) is 0. The lowest BCUT2D eigenvalue weighted by Crippen LogP contribution is -2.32. The minimum absolute atomic E-state index is 0.0527. The number of para-hydroxylation sites is 4. The Morgan fingerprint density at radius 2 is 1.17 bits per heavy atom. The number of ketones is 2. The Hall–Kier alpha value is -4.34. The Morgan fingerprint density at radius 3 is 1.60 bits per heavy atom. The summed E-state index contributed by atoms with van der Waals surface area (Å²) in [6.45, 7) is 1.32. The molecule has 2 atom stereocenters. The summed E-state index contributed by atoms with van der Waals surface area (Å²) in [6, 6.07) is 15.1. The van der Waals surface area contributed by atoms with Crippen molar-refractivity contribution >= 4 is 45.3 Å². The van der Waals surface area contributed by atoms with Gasteiger partial charge in [-0.2, -0.15) is 0 Å². The van der Waals surface area contributed by atoms with E-state index in [1.165, 1.54) is 0 Å². The summed E-state index contributed by atoms with van der Waals surface area (Å²) >= 11 is 0. The fraction of sp³-hybridized carbons (Fsp3) is 0.280. The molecule has 176 valence electrons. The largest absolute Gasteiger partial charge is 0.352 e. The molecule has 0 saturated carbocycles. The maximum absolute atomic E-state index is 12.7. The molecule has 0 amide bonds. The van der Waals surface area contributed by atoms with Crippen LogP contribution in [0.4, 0.5) is 0 Å². The third-order valence-corrected chi connectivity index (χ3v) is 6.78. The predicted molar refractivity (Wildman–Crippen MR) is 131 cm³/mol. The summed E-state index contributed by atoms with van der Waals surface area (Å²) in [5.74, 6) is 0.00130. The first-order chi connectivity index (χ1) is 17.0. The molecule has 10 nitrogen and oxygen atoms in total. The minimum Gasteiger partial charge on any atom is -0.352 e. The highest BCUT2D eigenvalue weighted by Crippen LogP contribution is 2.28. The lowest BCUT2D eigenvalue weighted by atomic mass is 10.1. The van der Waals surface area contributed by atoms with Crippen LogP contribution < -0.4 is 0 Å². The van der Waals surface area contributed by atoms with Gasteiger partial charge in [0, 0.05) is 13.1 Å². The fourth-order valence-corrected chi connectivity index (χ4v) is 5.03. The van der Waals surface area contributed by atoms with Crippen molar-refractivity contribution in [3.05, 3.63) is 60.2 Å². The van der Waals surface area contributed by atoms with Crippen molar-refractivity contribution in [2.45, 2.75) is 18.3 Å². The van der Waals surface area contributed by atoms with E-state index in [2.05, 4.69) is 19.9 Å². The van der Waals surface area contributed by atoms with Crippen molar-refractivity contribution in [1.82, 2.24) is 29.7 Å². The fourth-order valence-electron chi connectivity index (χ4n) is 5.03. The highest BCUT2D eigenvalue weighted by molar-refractivity contribution is 6.14. The van der Waals surface area contributed by atoms with Gasteiger partial charge in [0.05, 0.1) is 35.2 Å². The first kappa shape index (κ1) is 21.2. The van der Waals surface area contributed by atoms with Crippen molar-refractivity contribution < 1.29 is 9.59 Å². The molecule has 2 unspecified atom stereocenters. The van der Waals surface area contributed by atoms with E-state index >= 15 is 0 Å². The molecule has 2 aromatic carbocycles. The number of carbonyl (C=O) groups excluding carboxylic acids is 2. The van der Waals surface area contributed by atoms with Gasteiger partial charge in [0.2, 0.25) is 0 Å². The van der Waals surface area contributed by atoms with Crippen LogP contribution in [0, 0.1) is 10.8 Å². The van der Waals surface area contributed by atoms with Crippen LogP contribution >= 0.6 is 0 Å². The van der Waals surface area contributed by atoms with Gasteiger partial charge in [-0.15, -0.1) is 0 Å². The van der Waals surface area contributed by atoms with Crippen LogP contribution in [0.3, 0.4) is 0 Å². The van der Waals surface area contributed by atoms with Crippen molar-refractivity contribution in [3.63, 3.8) is 0 Å². The number of Topliss-reactive ketones (excluding diaryl/α,β-unsaturated/α-hetero) is 2. The molecule has 0 aliphatic carbocycles. The Labute approximate surface area is 200 Å². The van der Waals surface area contributed by atoms with Crippen LogP contribution in [0.5, 0.6) is 0 Å². The van der Waals surface area contributed by atoms with Gasteiger partial charge in [0.15, 0.2) is 11.6 Å². The van der Waals surface area contributed by atoms with E-state index in [4.69, 9.17) is 10.8 Å². The number of hydrogen-bond acceptors (Lipinski definition) is 6. The van der Waals surface area contributed by atoms with E-state index < -0.39 is 11.8 Å². The van der Waals surface area contributed by atoms with Crippen molar-refractivity contribution in [2.24, 2.45) is 0 Å². The average molecular weight is 469 g/mol. The molecule has 10 heteroatoms. The first-order valence-electron chi connectivity index (χ1n) is 11.6. The highest BCUT2D eigenvalue weighted by atomic mass is 16.1. The number of fused-ring (bicyclic) bond motifs is 2. The number of nitrogens with one attached hydrogen (secondary N) is 4. The SMILES string of the molecule is N=C1C(c2nc3ccccc3[nH]2)C(=O)CN1CCCN1CC(=O)C(c2nc3ccccc3[nH]2)C1=N. The van der Waals surface area contributed by atoms with E-state index in [1.54, 1.807) is 9.80 Å². The Bertz CT molecular complexity index is 1320. The van der Waals surface area contributed by atoms with Crippen LogP contribution in [0.2, 0.25) is 0 Å². The predicted octanol–water partition coefficient (Wildman–Crippen LogP) is 2.42. The number of imidazole rings is 2. The second kappa shape index (κ2) is 8.15. The Morgan fingerprint density at radius 1 is 0.743 bits per heavy atom. The Kier molecular flexibility index (Phi) is 4.94. The van der Waals surface area contributed by atoms with E-state index in [9.17, 15) is 9.59 Å². The first-order valence-corrected chi connectivity index (χ1v) is 11.6. The smallest absolute Gasteiger partial charge is 0.170 e. The molecule has 0 radical (unpaired) electrons. The van der Waals surface area contributed by atoms with Gasteiger partial charge >= 0.3 is 0 Å².